The summed E-state index contributed by atoms with van der Waals surface area (Å²) in [7, 11) is -1.92. The number of benzene rings is 2. The molecule has 1 aromatic heterocycles. The highest BCUT2D eigenvalue weighted by Gasteiger charge is 2.29. The van der Waals surface area contributed by atoms with Crippen molar-refractivity contribution >= 4 is 27.0 Å². The van der Waals surface area contributed by atoms with Gasteiger partial charge in [-0.1, -0.05) is 31.4 Å². The number of rotatable bonds is 7. The Bertz CT molecular complexity index is 1230. The third-order valence-corrected chi connectivity index (χ3v) is 8.54. The molecule has 1 atom stereocenters. The standard InChI is InChI=1S/C25H32N4O3S/c1-4-29-23-13-9-8-12-22(23)27-24(29)18(2)26-25(30)19-14-16-21(17-15-19)33(31,32)28(3)20-10-6-5-7-11-20/h8-9,12-18,20H,4-7,10-11H2,1-3H3,(H,26,30). The summed E-state index contributed by atoms with van der Waals surface area (Å²) in [5.74, 6) is 0.530. The second-order valence-electron chi connectivity index (χ2n) is 8.74. The number of nitrogens with one attached hydrogen (secondary N) is 1. The number of fused-ring (bicyclic) bond motifs is 1. The number of hydrogen-bond acceptors (Lipinski definition) is 4. The van der Waals surface area contributed by atoms with E-state index < -0.39 is 10.0 Å². The van der Waals surface area contributed by atoms with Crippen molar-refractivity contribution in [2.24, 2.45) is 0 Å². The minimum atomic E-state index is -3.58. The number of aromatic nitrogens is 2. The molecule has 1 N–H and O–H groups in total. The Kier molecular flexibility index (Phi) is 6.86. The normalized spacial score (nSPS) is 16.2. The predicted octanol–water partition coefficient (Wildman–Crippen LogP) is 4.50. The molecular weight excluding hydrogens is 436 g/mol. The van der Waals surface area contributed by atoms with Crippen molar-refractivity contribution < 1.29 is 13.2 Å². The predicted molar refractivity (Wildman–Crippen MR) is 130 cm³/mol. The van der Waals surface area contributed by atoms with Gasteiger partial charge in [0, 0.05) is 25.2 Å². The zero-order valence-electron chi connectivity index (χ0n) is 19.5. The zero-order chi connectivity index (χ0) is 23.6. The summed E-state index contributed by atoms with van der Waals surface area (Å²) >= 11 is 0. The Labute approximate surface area is 195 Å². The highest BCUT2D eigenvalue weighted by atomic mass is 32.2. The number of aryl methyl sites for hydroxylation is 1. The summed E-state index contributed by atoms with van der Waals surface area (Å²) in [6.45, 7) is 4.70. The molecule has 1 amide bonds. The maximum absolute atomic E-state index is 13.0. The summed E-state index contributed by atoms with van der Waals surface area (Å²) in [5.41, 5.74) is 2.35. The highest BCUT2D eigenvalue weighted by molar-refractivity contribution is 7.89. The minimum absolute atomic E-state index is 0.0467. The molecule has 0 aliphatic heterocycles. The van der Waals surface area contributed by atoms with Gasteiger partial charge in [-0.15, -0.1) is 0 Å². The van der Waals surface area contributed by atoms with Crippen molar-refractivity contribution in [2.75, 3.05) is 7.05 Å². The first kappa shape index (κ1) is 23.4. The fourth-order valence-corrected chi connectivity index (χ4v) is 6.10. The molecule has 1 unspecified atom stereocenters. The molecule has 1 heterocycles. The maximum atomic E-state index is 13.0. The molecule has 4 rings (SSSR count). The maximum Gasteiger partial charge on any atom is 0.251 e. The van der Waals surface area contributed by atoms with Crippen LogP contribution in [0.3, 0.4) is 0 Å². The summed E-state index contributed by atoms with van der Waals surface area (Å²) in [6.07, 6.45) is 5.09. The monoisotopic (exact) mass is 468 g/mol. The van der Waals surface area contributed by atoms with Crippen LogP contribution in [0.5, 0.6) is 0 Å². The summed E-state index contributed by atoms with van der Waals surface area (Å²) in [6, 6.07) is 13.9. The lowest BCUT2D eigenvalue weighted by atomic mass is 9.96. The number of carbonyl (C=O) groups is 1. The second-order valence-corrected chi connectivity index (χ2v) is 10.7. The number of para-hydroxylation sites is 2. The molecule has 0 radical (unpaired) electrons. The molecule has 1 aliphatic carbocycles. The van der Waals surface area contributed by atoms with Gasteiger partial charge in [0.15, 0.2) is 0 Å². The van der Waals surface area contributed by atoms with Crippen molar-refractivity contribution in [2.45, 2.75) is 69.5 Å². The Balaban J connectivity index is 1.48. The highest BCUT2D eigenvalue weighted by Crippen LogP contribution is 2.27. The molecule has 1 fully saturated rings. The second kappa shape index (κ2) is 9.65. The molecule has 7 nitrogen and oxygen atoms in total. The minimum Gasteiger partial charge on any atom is -0.342 e. The number of sulfonamides is 1. The van der Waals surface area contributed by atoms with E-state index in [0.29, 0.717) is 5.56 Å². The van der Waals surface area contributed by atoms with Gasteiger partial charge in [-0.3, -0.25) is 4.79 Å². The van der Waals surface area contributed by atoms with Crippen molar-refractivity contribution in [3.05, 3.63) is 59.9 Å². The van der Waals surface area contributed by atoms with Crippen LogP contribution in [0.25, 0.3) is 11.0 Å². The van der Waals surface area contributed by atoms with E-state index in [2.05, 4.69) is 16.8 Å². The third kappa shape index (κ3) is 4.68. The average Bonchev–Trinajstić information content (AvgIpc) is 3.23. The van der Waals surface area contributed by atoms with Gasteiger partial charge in [0.25, 0.3) is 5.91 Å². The van der Waals surface area contributed by atoms with E-state index >= 15 is 0 Å². The molecule has 0 bridgehead atoms. The van der Waals surface area contributed by atoms with Gasteiger partial charge in [0.05, 0.1) is 22.0 Å². The summed E-state index contributed by atoms with van der Waals surface area (Å²) in [5, 5.41) is 3.00. The molecule has 1 aliphatic rings. The number of hydrogen-bond donors (Lipinski definition) is 1. The lowest BCUT2D eigenvalue weighted by molar-refractivity contribution is 0.0937. The van der Waals surface area contributed by atoms with E-state index in [9.17, 15) is 13.2 Å². The summed E-state index contributed by atoms with van der Waals surface area (Å²) in [4.78, 5) is 17.8. The Morgan fingerprint density at radius 1 is 1.12 bits per heavy atom. The van der Waals surface area contributed by atoms with Crippen LogP contribution in [-0.2, 0) is 16.6 Å². The van der Waals surface area contributed by atoms with E-state index in [1.54, 1.807) is 19.2 Å². The van der Waals surface area contributed by atoms with Gasteiger partial charge in [-0.25, -0.2) is 13.4 Å². The van der Waals surface area contributed by atoms with Crippen LogP contribution >= 0.6 is 0 Å². The number of imidazole rings is 1. The Morgan fingerprint density at radius 3 is 2.45 bits per heavy atom. The first-order valence-corrected chi connectivity index (χ1v) is 13.1. The van der Waals surface area contributed by atoms with E-state index in [0.717, 1.165) is 49.1 Å². The van der Waals surface area contributed by atoms with E-state index in [1.165, 1.54) is 22.9 Å². The lowest BCUT2D eigenvalue weighted by Crippen LogP contribution is -2.38. The van der Waals surface area contributed by atoms with Gasteiger partial charge < -0.3 is 9.88 Å². The lowest BCUT2D eigenvalue weighted by Gasteiger charge is -2.30. The van der Waals surface area contributed by atoms with Gasteiger partial charge in [0.1, 0.15) is 5.82 Å². The van der Waals surface area contributed by atoms with Crippen LogP contribution in [0.1, 0.15) is 68.2 Å². The van der Waals surface area contributed by atoms with Crippen LogP contribution in [0.15, 0.2) is 53.4 Å². The first-order chi connectivity index (χ1) is 15.8. The fourth-order valence-electron chi connectivity index (χ4n) is 4.69. The number of amides is 1. The molecule has 33 heavy (non-hydrogen) atoms. The molecule has 0 saturated heterocycles. The van der Waals surface area contributed by atoms with Crippen LogP contribution in [0.2, 0.25) is 0 Å². The van der Waals surface area contributed by atoms with Gasteiger partial charge in [0.2, 0.25) is 10.0 Å². The molecule has 8 heteroatoms. The number of nitrogens with zero attached hydrogens (tertiary/aromatic N) is 3. The SMILES string of the molecule is CCn1c(C(C)NC(=O)c2ccc(S(=O)(=O)N(C)C3CCCCC3)cc2)nc2ccccc21. The van der Waals surface area contributed by atoms with Gasteiger partial charge in [-0.2, -0.15) is 4.31 Å². The van der Waals surface area contributed by atoms with Crippen LogP contribution < -0.4 is 5.32 Å². The largest absolute Gasteiger partial charge is 0.342 e. The topological polar surface area (TPSA) is 84.3 Å². The molecule has 2 aromatic carbocycles. The zero-order valence-corrected chi connectivity index (χ0v) is 20.3. The quantitative estimate of drug-likeness (QED) is 0.553. The van der Waals surface area contributed by atoms with E-state index in [-0.39, 0.29) is 22.9 Å². The van der Waals surface area contributed by atoms with Crippen molar-refractivity contribution in [1.82, 2.24) is 19.2 Å². The third-order valence-electron chi connectivity index (χ3n) is 6.62. The van der Waals surface area contributed by atoms with Crippen molar-refractivity contribution in [3.63, 3.8) is 0 Å². The van der Waals surface area contributed by atoms with Crippen LogP contribution in [0.4, 0.5) is 0 Å². The molecule has 3 aromatic rings. The van der Waals surface area contributed by atoms with Gasteiger partial charge >= 0.3 is 0 Å². The molecule has 1 saturated carbocycles. The molecule has 0 spiro atoms. The van der Waals surface area contributed by atoms with E-state index in [1.807, 2.05) is 31.2 Å². The van der Waals surface area contributed by atoms with Crippen molar-refractivity contribution in [3.8, 4) is 0 Å². The average molecular weight is 469 g/mol. The fraction of sp³-hybridized carbons (Fsp3) is 0.440. The summed E-state index contributed by atoms with van der Waals surface area (Å²) < 4.78 is 29.7. The Hall–Kier alpha value is -2.71. The Morgan fingerprint density at radius 2 is 1.79 bits per heavy atom. The van der Waals surface area contributed by atoms with Crippen molar-refractivity contribution in [1.29, 1.82) is 0 Å². The van der Waals surface area contributed by atoms with Gasteiger partial charge in [-0.05, 0) is 63.1 Å². The van der Waals surface area contributed by atoms with E-state index in [4.69, 9.17) is 4.98 Å². The first-order valence-electron chi connectivity index (χ1n) is 11.7. The smallest absolute Gasteiger partial charge is 0.251 e. The van der Waals surface area contributed by atoms with Crippen LogP contribution in [0, 0.1) is 0 Å². The molecule has 176 valence electrons. The molecular formula is C25H32N4O3S. The van der Waals surface area contributed by atoms with Crippen LogP contribution in [-0.4, -0.2) is 41.3 Å². The number of carbonyl (C=O) groups excluding carboxylic acids is 1.